The Labute approximate surface area is 131 Å². The molecule has 0 aliphatic rings. The molecule has 1 aromatic rings. The summed E-state index contributed by atoms with van der Waals surface area (Å²) in [5, 5.41) is 11.7. The monoisotopic (exact) mass is 304 g/mol. The van der Waals surface area contributed by atoms with E-state index in [1.54, 1.807) is 23.1 Å². The molecule has 2 amide bonds. The number of benzene rings is 1. The largest absolute Gasteiger partial charge is 0.395 e. The molecule has 0 saturated carbocycles. The third kappa shape index (κ3) is 5.69. The molecule has 1 aromatic carbocycles. The standard InChI is InChI=1S/C17H24N2O3/c1-4-19(9-10-20)17(22)15-7-5-14(6-8-15)12-18-16(21)11-13(2)3/h5-8,11,20H,4,9-10,12H2,1-3H3,(H,18,21). The summed E-state index contributed by atoms with van der Waals surface area (Å²) in [6.07, 6.45) is 1.55. The van der Waals surface area contributed by atoms with Crippen LogP contribution in [0.2, 0.25) is 0 Å². The Kier molecular flexibility index (Phi) is 7.32. The molecule has 0 bridgehead atoms. The van der Waals surface area contributed by atoms with Crippen LogP contribution in [0.1, 0.15) is 36.7 Å². The van der Waals surface area contributed by atoms with Gasteiger partial charge in [0.25, 0.3) is 5.91 Å². The van der Waals surface area contributed by atoms with E-state index in [1.807, 2.05) is 32.9 Å². The van der Waals surface area contributed by atoms with Gasteiger partial charge in [-0.15, -0.1) is 0 Å². The van der Waals surface area contributed by atoms with Gasteiger partial charge >= 0.3 is 0 Å². The summed E-state index contributed by atoms with van der Waals surface area (Å²) in [6, 6.07) is 7.13. The zero-order valence-electron chi connectivity index (χ0n) is 13.4. The van der Waals surface area contributed by atoms with E-state index >= 15 is 0 Å². The molecular formula is C17H24N2O3. The first kappa shape index (κ1) is 17.9. The maximum absolute atomic E-state index is 12.2. The molecule has 0 radical (unpaired) electrons. The molecule has 1 rings (SSSR count). The highest BCUT2D eigenvalue weighted by molar-refractivity contribution is 5.94. The SMILES string of the molecule is CCN(CCO)C(=O)c1ccc(CNC(=O)C=C(C)C)cc1. The summed E-state index contributed by atoms with van der Waals surface area (Å²) in [5.74, 6) is -0.225. The number of carbonyl (C=O) groups is 2. The smallest absolute Gasteiger partial charge is 0.253 e. The molecule has 22 heavy (non-hydrogen) atoms. The van der Waals surface area contributed by atoms with Crippen LogP contribution in [0, 0.1) is 0 Å². The molecule has 0 aliphatic carbocycles. The molecule has 5 heteroatoms. The third-order valence-electron chi connectivity index (χ3n) is 3.13. The Morgan fingerprint density at radius 1 is 1.23 bits per heavy atom. The zero-order chi connectivity index (χ0) is 16.5. The number of rotatable bonds is 7. The van der Waals surface area contributed by atoms with Crippen LogP contribution >= 0.6 is 0 Å². The molecule has 5 nitrogen and oxygen atoms in total. The van der Waals surface area contributed by atoms with E-state index < -0.39 is 0 Å². The molecule has 0 atom stereocenters. The minimum Gasteiger partial charge on any atom is -0.395 e. The van der Waals surface area contributed by atoms with Crippen molar-refractivity contribution in [3.05, 3.63) is 47.0 Å². The number of nitrogens with zero attached hydrogens (tertiary/aromatic N) is 1. The van der Waals surface area contributed by atoms with Gasteiger partial charge in [0, 0.05) is 31.3 Å². The number of hydrogen-bond donors (Lipinski definition) is 2. The molecule has 0 unspecified atom stereocenters. The van der Waals surface area contributed by atoms with Crippen LogP contribution in [0.4, 0.5) is 0 Å². The van der Waals surface area contributed by atoms with Crippen molar-refractivity contribution in [1.82, 2.24) is 10.2 Å². The highest BCUT2D eigenvalue weighted by Crippen LogP contribution is 2.08. The van der Waals surface area contributed by atoms with Crippen LogP contribution in [-0.2, 0) is 11.3 Å². The summed E-state index contributed by atoms with van der Waals surface area (Å²) in [4.78, 5) is 25.3. The first-order valence-corrected chi connectivity index (χ1v) is 7.39. The molecule has 0 aliphatic heterocycles. The molecule has 0 heterocycles. The highest BCUT2D eigenvalue weighted by Gasteiger charge is 2.13. The maximum atomic E-state index is 12.2. The minimum atomic E-state index is -0.125. The van der Waals surface area contributed by atoms with Crippen LogP contribution in [0.5, 0.6) is 0 Å². The molecule has 0 saturated heterocycles. The van der Waals surface area contributed by atoms with Crippen molar-refractivity contribution in [1.29, 1.82) is 0 Å². The first-order valence-electron chi connectivity index (χ1n) is 7.39. The lowest BCUT2D eigenvalue weighted by Crippen LogP contribution is -2.33. The van der Waals surface area contributed by atoms with E-state index in [2.05, 4.69) is 5.32 Å². The molecular weight excluding hydrogens is 280 g/mol. The van der Waals surface area contributed by atoms with E-state index in [1.165, 1.54) is 0 Å². The normalized spacial score (nSPS) is 10.0. The molecule has 0 spiro atoms. The van der Waals surface area contributed by atoms with E-state index in [4.69, 9.17) is 5.11 Å². The van der Waals surface area contributed by atoms with Crippen LogP contribution < -0.4 is 5.32 Å². The molecule has 2 N–H and O–H groups in total. The number of aliphatic hydroxyl groups is 1. The minimum absolute atomic E-state index is 0.0476. The van der Waals surface area contributed by atoms with Gasteiger partial charge in [-0.3, -0.25) is 9.59 Å². The predicted molar refractivity (Wildman–Crippen MR) is 86.4 cm³/mol. The Morgan fingerprint density at radius 2 is 1.86 bits per heavy atom. The third-order valence-corrected chi connectivity index (χ3v) is 3.13. The average molecular weight is 304 g/mol. The summed E-state index contributed by atoms with van der Waals surface area (Å²) in [7, 11) is 0. The number of aliphatic hydroxyl groups excluding tert-OH is 1. The van der Waals surface area contributed by atoms with Gasteiger partial charge in [0.2, 0.25) is 5.91 Å². The number of carbonyl (C=O) groups excluding carboxylic acids is 2. The fraction of sp³-hybridized carbons (Fsp3) is 0.412. The van der Waals surface area contributed by atoms with Gasteiger partial charge in [-0.25, -0.2) is 0 Å². The van der Waals surface area contributed by atoms with Crippen molar-refractivity contribution in [2.24, 2.45) is 0 Å². The number of allylic oxidation sites excluding steroid dienone is 1. The fourth-order valence-corrected chi connectivity index (χ4v) is 1.97. The summed E-state index contributed by atoms with van der Waals surface area (Å²) < 4.78 is 0. The van der Waals surface area contributed by atoms with Crippen molar-refractivity contribution < 1.29 is 14.7 Å². The van der Waals surface area contributed by atoms with Gasteiger partial charge in [-0.1, -0.05) is 17.7 Å². The highest BCUT2D eigenvalue weighted by atomic mass is 16.3. The van der Waals surface area contributed by atoms with Gasteiger partial charge in [0.1, 0.15) is 0 Å². The van der Waals surface area contributed by atoms with Gasteiger partial charge in [0.05, 0.1) is 6.61 Å². The van der Waals surface area contributed by atoms with Crippen molar-refractivity contribution in [2.45, 2.75) is 27.3 Å². The van der Waals surface area contributed by atoms with Crippen molar-refractivity contribution in [2.75, 3.05) is 19.7 Å². The van der Waals surface area contributed by atoms with E-state index in [0.29, 0.717) is 25.2 Å². The molecule has 0 aromatic heterocycles. The zero-order valence-corrected chi connectivity index (χ0v) is 13.4. The number of likely N-dealkylation sites (N-methyl/N-ethyl adjacent to an activating group) is 1. The Balaban J connectivity index is 2.64. The fourth-order valence-electron chi connectivity index (χ4n) is 1.97. The lowest BCUT2D eigenvalue weighted by atomic mass is 10.1. The lowest BCUT2D eigenvalue weighted by Gasteiger charge is -2.19. The van der Waals surface area contributed by atoms with Gasteiger partial charge in [-0.2, -0.15) is 0 Å². The lowest BCUT2D eigenvalue weighted by molar-refractivity contribution is -0.116. The second-order valence-electron chi connectivity index (χ2n) is 5.24. The second kappa shape index (κ2) is 9.00. The second-order valence-corrected chi connectivity index (χ2v) is 5.24. The van der Waals surface area contributed by atoms with Gasteiger partial charge in [0.15, 0.2) is 0 Å². The predicted octanol–water partition coefficient (Wildman–Crippen LogP) is 1.72. The number of nitrogens with one attached hydrogen (secondary N) is 1. The van der Waals surface area contributed by atoms with Crippen LogP contribution in [0.3, 0.4) is 0 Å². The van der Waals surface area contributed by atoms with Crippen LogP contribution in [-0.4, -0.2) is 41.5 Å². The summed E-state index contributed by atoms with van der Waals surface area (Å²) >= 11 is 0. The quantitative estimate of drug-likeness (QED) is 0.754. The summed E-state index contributed by atoms with van der Waals surface area (Å²) in [5.41, 5.74) is 2.45. The Morgan fingerprint density at radius 3 is 2.36 bits per heavy atom. The van der Waals surface area contributed by atoms with Crippen molar-refractivity contribution in [3.63, 3.8) is 0 Å². The van der Waals surface area contributed by atoms with E-state index in [0.717, 1.165) is 11.1 Å². The van der Waals surface area contributed by atoms with Crippen molar-refractivity contribution >= 4 is 11.8 Å². The van der Waals surface area contributed by atoms with Crippen LogP contribution in [0.25, 0.3) is 0 Å². The number of hydrogen-bond acceptors (Lipinski definition) is 3. The first-order chi connectivity index (χ1) is 10.5. The molecule has 0 fully saturated rings. The molecule has 120 valence electrons. The topological polar surface area (TPSA) is 69.6 Å². The Hall–Kier alpha value is -2.14. The van der Waals surface area contributed by atoms with Gasteiger partial charge < -0.3 is 15.3 Å². The van der Waals surface area contributed by atoms with E-state index in [9.17, 15) is 9.59 Å². The van der Waals surface area contributed by atoms with E-state index in [-0.39, 0.29) is 18.4 Å². The van der Waals surface area contributed by atoms with Crippen LogP contribution in [0.15, 0.2) is 35.9 Å². The Bertz CT molecular complexity index is 531. The summed E-state index contributed by atoms with van der Waals surface area (Å²) in [6.45, 7) is 6.87. The maximum Gasteiger partial charge on any atom is 0.253 e. The van der Waals surface area contributed by atoms with Gasteiger partial charge in [-0.05, 0) is 38.5 Å². The average Bonchev–Trinajstić information content (AvgIpc) is 2.50. The number of amides is 2. The van der Waals surface area contributed by atoms with Crippen molar-refractivity contribution in [3.8, 4) is 0 Å².